The monoisotopic (exact) mass is 462 g/mol. The van der Waals surface area contributed by atoms with Crippen LogP contribution in [0.1, 0.15) is 37.0 Å². The largest absolute Gasteiger partial charge is 0.380 e. The molecule has 1 atom stereocenters. The van der Waals surface area contributed by atoms with Crippen molar-refractivity contribution in [3.63, 3.8) is 0 Å². The van der Waals surface area contributed by atoms with Crippen molar-refractivity contribution in [2.75, 3.05) is 5.32 Å². The Morgan fingerprint density at radius 2 is 1.73 bits per heavy atom. The van der Waals surface area contributed by atoms with E-state index < -0.39 is 11.6 Å². The fraction of sp³-hybridized carbons (Fsp3) is 0.192. The molecule has 0 radical (unpaired) electrons. The number of anilines is 1. The molecule has 0 saturated carbocycles. The Hall–Kier alpha value is -3.56. The third-order valence-corrected chi connectivity index (χ3v) is 5.59. The fourth-order valence-corrected chi connectivity index (χ4v) is 3.60. The molecule has 0 fully saturated rings. The van der Waals surface area contributed by atoms with E-state index in [9.17, 15) is 0 Å². The molecule has 4 rings (SSSR count). The van der Waals surface area contributed by atoms with Gasteiger partial charge in [-0.05, 0) is 44.5 Å². The van der Waals surface area contributed by atoms with Gasteiger partial charge in [-0.2, -0.15) is 0 Å². The van der Waals surface area contributed by atoms with Crippen LogP contribution in [0.2, 0.25) is 5.15 Å². The number of fused-ring (bicyclic) bond motifs is 1. The number of hydrogen-bond acceptors (Lipinski definition) is 4. The number of nitrogens with one attached hydrogen (secondary N) is 1. The maximum atomic E-state index is 15.7. The normalized spacial score (nSPS) is 11.7. The summed E-state index contributed by atoms with van der Waals surface area (Å²) in [7, 11) is 0. The maximum absolute atomic E-state index is 15.7. The SMILES string of the molecule is CCC(C)Nc1c(-c2c(F)ccc(C#Cc3ccc(C)cc3)c2F)c(Cl)nc2nccnc12. The van der Waals surface area contributed by atoms with Gasteiger partial charge in [0.05, 0.1) is 22.4 Å². The van der Waals surface area contributed by atoms with Crippen LogP contribution in [0, 0.1) is 30.4 Å². The summed E-state index contributed by atoms with van der Waals surface area (Å²) >= 11 is 6.47. The van der Waals surface area contributed by atoms with Crippen LogP contribution in [0.15, 0.2) is 48.8 Å². The van der Waals surface area contributed by atoms with Crippen LogP contribution in [-0.2, 0) is 0 Å². The highest BCUT2D eigenvalue weighted by Gasteiger charge is 2.25. The van der Waals surface area contributed by atoms with Gasteiger partial charge in [0.2, 0.25) is 0 Å². The summed E-state index contributed by atoms with van der Waals surface area (Å²) in [5, 5.41) is 3.21. The van der Waals surface area contributed by atoms with Crippen LogP contribution in [0.4, 0.5) is 14.5 Å². The Morgan fingerprint density at radius 3 is 2.45 bits per heavy atom. The van der Waals surface area contributed by atoms with Crippen molar-refractivity contribution in [1.82, 2.24) is 15.0 Å². The first kappa shape index (κ1) is 22.6. The zero-order valence-corrected chi connectivity index (χ0v) is 19.1. The molecular formula is C26H21ClF2N4. The van der Waals surface area contributed by atoms with Crippen molar-refractivity contribution in [2.24, 2.45) is 0 Å². The summed E-state index contributed by atoms with van der Waals surface area (Å²) in [5.74, 6) is 4.16. The van der Waals surface area contributed by atoms with E-state index >= 15 is 8.78 Å². The molecule has 33 heavy (non-hydrogen) atoms. The lowest BCUT2D eigenvalue weighted by molar-refractivity contribution is 0.587. The molecule has 166 valence electrons. The maximum Gasteiger partial charge on any atom is 0.181 e. The fourth-order valence-electron chi connectivity index (χ4n) is 3.33. The van der Waals surface area contributed by atoms with Crippen LogP contribution in [0.25, 0.3) is 22.3 Å². The predicted octanol–water partition coefficient (Wildman–Crippen LogP) is 6.54. The Kier molecular flexibility index (Phi) is 6.52. The van der Waals surface area contributed by atoms with E-state index in [1.54, 1.807) is 0 Å². The lowest BCUT2D eigenvalue weighted by atomic mass is 9.99. The first-order chi connectivity index (χ1) is 15.9. The van der Waals surface area contributed by atoms with E-state index in [1.807, 2.05) is 45.0 Å². The number of aromatic nitrogens is 3. The van der Waals surface area contributed by atoms with E-state index in [1.165, 1.54) is 24.5 Å². The third kappa shape index (κ3) is 4.64. The molecule has 0 spiro atoms. The average molecular weight is 463 g/mol. The van der Waals surface area contributed by atoms with E-state index in [2.05, 4.69) is 32.1 Å². The minimum Gasteiger partial charge on any atom is -0.380 e. The van der Waals surface area contributed by atoms with E-state index in [4.69, 9.17) is 11.6 Å². The van der Waals surface area contributed by atoms with Gasteiger partial charge in [-0.3, -0.25) is 0 Å². The summed E-state index contributed by atoms with van der Waals surface area (Å²) in [4.78, 5) is 12.8. The topological polar surface area (TPSA) is 50.7 Å². The van der Waals surface area contributed by atoms with Gasteiger partial charge in [0, 0.05) is 24.0 Å². The van der Waals surface area contributed by atoms with Gasteiger partial charge in [0.15, 0.2) is 5.65 Å². The van der Waals surface area contributed by atoms with Crippen molar-refractivity contribution in [2.45, 2.75) is 33.2 Å². The molecule has 2 heterocycles. The molecule has 0 aliphatic rings. The molecular weight excluding hydrogens is 442 g/mol. The van der Waals surface area contributed by atoms with Gasteiger partial charge >= 0.3 is 0 Å². The Balaban J connectivity index is 1.93. The van der Waals surface area contributed by atoms with Crippen molar-refractivity contribution < 1.29 is 8.78 Å². The minimum atomic E-state index is -0.811. The number of halogens is 3. The van der Waals surface area contributed by atoms with E-state index in [0.29, 0.717) is 11.2 Å². The molecule has 0 saturated heterocycles. The smallest absolute Gasteiger partial charge is 0.181 e. The number of aryl methyl sites for hydroxylation is 1. The molecule has 4 aromatic rings. The van der Waals surface area contributed by atoms with Crippen LogP contribution in [-0.4, -0.2) is 21.0 Å². The van der Waals surface area contributed by atoms with Gasteiger partial charge in [0.25, 0.3) is 0 Å². The Bertz CT molecular complexity index is 1390. The average Bonchev–Trinajstić information content (AvgIpc) is 2.81. The molecule has 0 aliphatic heterocycles. The van der Waals surface area contributed by atoms with Gasteiger partial charge < -0.3 is 5.32 Å². The molecule has 0 bridgehead atoms. The molecule has 2 aromatic heterocycles. The highest BCUT2D eigenvalue weighted by atomic mass is 35.5. The molecule has 7 heteroatoms. The Morgan fingerprint density at radius 1 is 1.00 bits per heavy atom. The highest BCUT2D eigenvalue weighted by Crippen LogP contribution is 2.41. The van der Waals surface area contributed by atoms with Crippen molar-refractivity contribution in [1.29, 1.82) is 0 Å². The van der Waals surface area contributed by atoms with Crippen LogP contribution >= 0.6 is 11.6 Å². The second-order valence-electron chi connectivity index (χ2n) is 7.73. The minimum absolute atomic E-state index is 0.0111. The van der Waals surface area contributed by atoms with Crippen LogP contribution in [0.3, 0.4) is 0 Å². The second-order valence-corrected chi connectivity index (χ2v) is 8.09. The first-order valence-corrected chi connectivity index (χ1v) is 10.9. The summed E-state index contributed by atoms with van der Waals surface area (Å²) in [5.41, 5.74) is 2.72. The number of benzene rings is 2. The quantitative estimate of drug-likeness (QED) is 0.276. The molecule has 0 amide bonds. The van der Waals surface area contributed by atoms with Gasteiger partial charge in [0.1, 0.15) is 22.3 Å². The third-order valence-electron chi connectivity index (χ3n) is 5.31. The lowest BCUT2D eigenvalue weighted by Crippen LogP contribution is -2.16. The van der Waals surface area contributed by atoms with Crippen molar-refractivity contribution >= 4 is 28.5 Å². The molecule has 4 nitrogen and oxygen atoms in total. The van der Waals surface area contributed by atoms with E-state index in [-0.39, 0.29) is 33.5 Å². The molecule has 1 unspecified atom stereocenters. The van der Waals surface area contributed by atoms with Gasteiger partial charge in [-0.1, -0.05) is 48.1 Å². The van der Waals surface area contributed by atoms with Crippen LogP contribution < -0.4 is 5.32 Å². The summed E-state index contributed by atoms with van der Waals surface area (Å²) < 4.78 is 30.7. The standard InChI is InChI=1S/C26H21ClF2N4/c1-4-16(3)32-23-21(25(27)33-26-24(23)30-13-14-31-26)20-19(28)12-11-18(22(20)29)10-9-17-7-5-15(2)6-8-17/h5-8,11-14,16H,4H2,1-3H3,(H,31,32,33). The van der Waals surface area contributed by atoms with Gasteiger partial charge in [-0.25, -0.2) is 23.7 Å². The highest BCUT2D eigenvalue weighted by molar-refractivity contribution is 6.33. The van der Waals surface area contributed by atoms with Crippen molar-refractivity contribution in [3.8, 4) is 23.0 Å². The lowest BCUT2D eigenvalue weighted by Gasteiger charge is -2.20. The number of nitrogens with zero attached hydrogens (tertiary/aromatic N) is 3. The zero-order chi connectivity index (χ0) is 23.5. The van der Waals surface area contributed by atoms with Crippen LogP contribution in [0.5, 0.6) is 0 Å². The first-order valence-electron chi connectivity index (χ1n) is 10.5. The van der Waals surface area contributed by atoms with E-state index in [0.717, 1.165) is 17.5 Å². The molecule has 2 aromatic carbocycles. The second kappa shape index (κ2) is 9.51. The number of pyridine rings is 1. The zero-order valence-electron chi connectivity index (χ0n) is 18.4. The summed E-state index contributed by atoms with van der Waals surface area (Å²) in [6.07, 6.45) is 3.76. The number of hydrogen-bond donors (Lipinski definition) is 1. The summed E-state index contributed by atoms with van der Waals surface area (Å²) in [6.45, 7) is 5.92. The predicted molar refractivity (Wildman–Crippen MR) is 128 cm³/mol. The molecule has 1 N–H and O–H groups in total. The Labute approximate surface area is 196 Å². The van der Waals surface area contributed by atoms with Crippen molar-refractivity contribution in [3.05, 3.63) is 82.3 Å². The molecule has 0 aliphatic carbocycles. The summed E-state index contributed by atoms with van der Waals surface area (Å²) in [6, 6.07) is 10.0. The van der Waals surface area contributed by atoms with Gasteiger partial charge in [-0.15, -0.1) is 0 Å². The number of rotatable bonds is 4.